The molecule has 1 saturated heterocycles. The Balaban J connectivity index is 0.00000280. The summed E-state index contributed by atoms with van der Waals surface area (Å²) in [6.45, 7) is 3.99. The number of hydrogen-bond acceptors (Lipinski definition) is 3. The van der Waals surface area contributed by atoms with Gasteiger partial charge in [0, 0.05) is 39.7 Å². The maximum Gasteiger partial charge on any atom is 0.193 e. The highest BCUT2D eigenvalue weighted by Crippen LogP contribution is 2.14. The molecule has 5 nitrogen and oxygen atoms in total. The second-order valence-corrected chi connectivity index (χ2v) is 6.93. The molecule has 1 unspecified atom stereocenters. The van der Waals surface area contributed by atoms with Crippen molar-refractivity contribution in [2.45, 2.75) is 19.6 Å². The van der Waals surface area contributed by atoms with Crippen molar-refractivity contribution >= 4 is 29.9 Å². The number of benzene rings is 2. The Morgan fingerprint density at radius 2 is 1.96 bits per heavy atom. The van der Waals surface area contributed by atoms with Crippen LogP contribution in [-0.4, -0.2) is 44.7 Å². The number of hydrogen-bond donors (Lipinski definition) is 1. The van der Waals surface area contributed by atoms with Crippen LogP contribution in [0.1, 0.15) is 17.5 Å². The minimum Gasteiger partial charge on any atom is -0.489 e. The highest BCUT2D eigenvalue weighted by molar-refractivity contribution is 14.0. The third-order valence-corrected chi connectivity index (χ3v) is 4.72. The molecule has 1 fully saturated rings. The van der Waals surface area contributed by atoms with E-state index in [0.29, 0.717) is 12.5 Å². The fourth-order valence-electron chi connectivity index (χ4n) is 3.28. The van der Waals surface area contributed by atoms with E-state index < -0.39 is 0 Å². The molecule has 1 atom stereocenters. The topological polar surface area (TPSA) is 46.1 Å². The van der Waals surface area contributed by atoms with Crippen LogP contribution < -0.4 is 10.1 Å². The monoisotopic (exact) mass is 495 g/mol. The lowest BCUT2D eigenvalue weighted by Crippen LogP contribution is -2.41. The molecule has 1 aliphatic heterocycles. The van der Waals surface area contributed by atoms with Crippen molar-refractivity contribution in [2.75, 3.05) is 33.9 Å². The number of halogens is 1. The van der Waals surface area contributed by atoms with Gasteiger partial charge in [-0.3, -0.25) is 4.99 Å². The van der Waals surface area contributed by atoms with E-state index in [0.717, 1.165) is 50.0 Å². The van der Waals surface area contributed by atoms with Crippen LogP contribution in [0.5, 0.6) is 5.75 Å². The second-order valence-electron chi connectivity index (χ2n) is 6.93. The fourth-order valence-corrected chi connectivity index (χ4v) is 3.28. The lowest BCUT2D eigenvalue weighted by molar-refractivity contribution is 0.181. The Morgan fingerprint density at radius 1 is 1.18 bits per heavy atom. The van der Waals surface area contributed by atoms with Gasteiger partial charge < -0.3 is 19.7 Å². The zero-order valence-corrected chi connectivity index (χ0v) is 19.0. The molecule has 0 aliphatic carbocycles. The van der Waals surface area contributed by atoms with Crippen LogP contribution in [0.25, 0.3) is 0 Å². The number of nitrogens with one attached hydrogen (secondary N) is 1. The van der Waals surface area contributed by atoms with E-state index >= 15 is 0 Å². The SMILES string of the molecule is CN=C(NCc1cccc(COc2ccccc2)c1)N(C)CC1CCOC1.I. The molecular formula is C22H30IN3O2. The van der Waals surface area contributed by atoms with Crippen molar-refractivity contribution in [3.8, 4) is 5.75 Å². The minimum absolute atomic E-state index is 0. The molecule has 3 rings (SSSR count). The van der Waals surface area contributed by atoms with Gasteiger partial charge in [0.15, 0.2) is 5.96 Å². The smallest absolute Gasteiger partial charge is 0.193 e. The molecule has 1 N–H and O–H groups in total. The van der Waals surface area contributed by atoms with Crippen LogP contribution in [0.3, 0.4) is 0 Å². The summed E-state index contributed by atoms with van der Waals surface area (Å²) in [4.78, 5) is 6.59. The van der Waals surface area contributed by atoms with E-state index in [1.807, 2.05) is 37.4 Å². The van der Waals surface area contributed by atoms with Crippen LogP contribution in [0.2, 0.25) is 0 Å². The van der Waals surface area contributed by atoms with Gasteiger partial charge in [0.1, 0.15) is 12.4 Å². The van der Waals surface area contributed by atoms with Crippen LogP contribution in [-0.2, 0) is 17.9 Å². The third kappa shape index (κ3) is 6.98. The average molecular weight is 495 g/mol. The van der Waals surface area contributed by atoms with Crippen molar-refractivity contribution in [2.24, 2.45) is 10.9 Å². The summed E-state index contributed by atoms with van der Waals surface area (Å²) in [6.07, 6.45) is 1.13. The zero-order valence-electron chi connectivity index (χ0n) is 16.6. The molecule has 0 aromatic heterocycles. The summed E-state index contributed by atoms with van der Waals surface area (Å²) in [6, 6.07) is 18.4. The highest BCUT2D eigenvalue weighted by atomic mass is 127. The Morgan fingerprint density at radius 3 is 2.68 bits per heavy atom. The van der Waals surface area contributed by atoms with Gasteiger partial charge in [0.25, 0.3) is 0 Å². The Bertz CT molecular complexity index is 734. The molecule has 2 aromatic carbocycles. The second kappa shape index (κ2) is 11.9. The van der Waals surface area contributed by atoms with Gasteiger partial charge in [-0.1, -0.05) is 42.5 Å². The van der Waals surface area contributed by atoms with Crippen molar-refractivity contribution < 1.29 is 9.47 Å². The van der Waals surface area contributed by atoms with Crippen LogP contribution in [0.4, 0.5) is 0 Å². The maximum atomic E-state index is 5.84. The summed E-state index contributed by atoms with van der Waals surface area (Å²) < 4.78 is 11.3. The van der Waals surface area contributed by atoms with Gasteiger partial charge in [-0.25, -0.2) is 0 Å². The molecule has 0 bridgehead atoms. The largest absolute Gasteiger partial charge is 0.489 e. The van der Waals surface area contributed by atoms with Crippen molar-refractivity contribution in [1.29, 1.82) is 0 Å². The first kappa shape index (κ1) is 22.5. The molecule has 28 heavy (non-hydrogen) atoms. The molecule has 1 aliphatic rings. The molecule has 6 heteroatoms. The quantitative estimate of drug-likeness (QED) is 0.360. The first-order valence-corrected chi connectivity index (χ1v) is 9.50. The summed E-state index contributed by atoms with van der Waals surface area (Å²) in [7, 11) is 3.91. The Hall–Kier alpha value is -1.80. The van der Waals surface area contributed by atoms with E-state index in [4.69, 9.17) is 9.47 Å². The number of para-hydroxylation sites is 1. The van der Waals surface area contributed by atoms with Crippen molar-refractivity contribution in [3.05, 3.63) is 65.7 Å². The molecule has 0 amide bonds. The van der Waals surface area contributed by atoms with E-state index in [9.17, 15) is 0 Å². The normalized spacial score (nSPS) is 16.4. The van der Waals surface area contributed by atoms with Crippen LogP contribution >= 0.6 is 24.0 Å². The maximum absolute atomic E-state index is 5.84. The first-order chi connectivity index (χ1) is 13.2. The summed E-state index contributed by atoms with van der Waals surface area (Å²) in [5.41, 5.74) is 2.37. The van der Waals surface area contributed by atoms with Gasteiger partial charge in [-0.15, -0.1) is 24.0 Å². The van der Waals surface area contributed by atoms with Crippen LogP contribution in [0, 0.1) is 5.92 Å². The van der Waals surface area contributed by atoms with Crippen LogP contribution in [0.15, 0.2) is 59.6 Å². The highest BCUT2D eigenvalue weighted by Gasteiger charge is 2.18. The first-order valence-electron chi connectivity index (χ1n) is 9.50. The predicted octanol–water partition coefficient (Wildman–Crippen LogP) is 3.93. The molecule has 0 spiro atoms. The van der Waals surface area contributed by atoms with Crippen molar-refractivity contribution in [1.82, 2.24) is 10.2 Å². The summed E-state index contributed by atoms with van der Waals surface area (Å²) in [5, 5.41) is 3.45. The minimum atomic E-state index is 0. The molecule has 1 heterocycles. The Labute approximate surface area is 185 Å². The van der Waals surface area contributed by atoms with E-state index in [1.54, 1.807) is 0 Å². The van der Waals surface area contributed by atoms with Gasteiger partial charge in [-0.05, 0) is 29.7 Å². The lowest BCUT2D eigenvalue weighted by Gasteiger charge is -2.24. The molecule has 152 valence electrons. The van der Waals surface area contributed by atoms with E-state index in [1.165, 1.54) is 5.56 Å². The number of nitrogens with zero attached hydrogens (tertiary/aromatic N) is 2. The van der Waals surface area contributed by atoms with Gasteiger partial charge in [-0.2, -0.15) is 0 Å². The standard InChI is InChI=1S/C22H29N3O2.HI/c1-23-22(25(2)15-20-11-12-26-16-20)24-14-18-7-6-8-19(13-18)17-27-21-9-4-3-5-10-21;/h3-10,13,20H,11-12,14-17H2,1-2H3,(H,23,24);1H. The summed E-state index contributed by atoms with van der Waals surface area (Å²) >= 11 is 0. The van der Waals surface area contributed by atoms with Crippen molar-refractivity contribution in [3.63, 3.8) is 0 Å². The lowest BCUT2D eigenvalue weighted by atomic mass is 10.1. The third-order valence-electron chi connectivity index (χ3n) is 4.72. The average Bonchev–Trinajstić information content (AvgIpc) is 3.21. The molecule has 0 radical (unpaired) electrons. The molecule has 0 saturated carbocycles. The fraction of sp³-hybridized carbons (Fsp3) is 0.409. The van der Waals surface area contributed by atoms with E-state index in [-0.39, 0.29) is 24.0 Å². The zero-order chi connectivity index (χ0) is 18.9. The number of guanidine groups is 1. The number of ether oxygens (including phenoxy) is 2. The molecular weight excluding hydrogens is 465 g/mol. The number of aliphatic imine (C=N–C) groups is 1. The number of rotatable bonds is 7. The van der Waals surface area contributed by atoms with E-state index in [2.05, 4.69) is 46.5 Å². The van der Waals surface area contributed by atoms with Gasteiger partial charge in [0.05, 0.1) is 6.61 Å². The Kier molecular flexibility index (Phi) is 9.57. The van der Waals surface area contributed by atoms with Gasteiger partial charge >= 0.3 is 0 Å². The molecule has 2 aromatic rings. The summed E-state index contributed by atoms with van der Waals surface area (Å²) in [5.74, 6) is 2.39. The predicted molar refractivity (Wildman–Crippen MR) is 124 cm³/mol. The van der Waals surface area contributed by atoms with Gasteiger partial charge in [0.2, 0.25) is 0 Å².